The van der Waals surface area contributed by atoms with Gasteiger partial charge in [0.05, 0.1) is 12.7 Å². The predicted octanol–water partition coefficient (Wildman–Crippen LogP) is 4.29. The van der Waals surface area contributed by atoms with Gasteiger partial charge < -0.3 is 14.4 Å². The molecule has 1 fully saturated rings. The lowest BCUT2D eigenvalue weighted by Crippen LogP contribution is -2.47. The average molecular weight is 483 g/mol. The van der Waals surface area contributed by atoms with Crippen molar-refractivity contribution >= 4 is 18.0 Å². The molecule has 1 saturated carbocycles. The van der Waals surface area contributed by atoms with E-state index in [2.05, 4.69) is 0 Å². The average Bonchev–Trinajstić information content (AvgIpc) is 3.60. The molecule has 0 bridgehead atoms. The summed E-state index contributed by atoms with van der Waals surface area (Å²) < 4.78 is 23.8. The van der Waals surface area contributed by atoms with Gasteiger partial charge in [-0.2, -0.15) is 0 Å². The molecule has 0 spiro atoms. The molecule has 0 saturated heterocycles. The van der Waals surface area contributed by atoms with Crippen LogP contribution >= 0.6 is 0 Å². The molecule has 8 heteroatoms. The fourth-order valence-electron chi connectivity index (χ4n) is 4.49. The van der Waals surface area contributed by atoms with E-state index in [1.807, 2.05) is 6.07 Å². The molecule has 2 aliphatic rings. The van der Waals surface area contributed by atoms with Crippen LogP contribution in [-0.2, 0) is 27.2 Å². The Labute approximate surface area is 204 Å². The molecule has 2 atom stereocenters. The van der Waals surface area contributed by atoms with Gasteiger partial charge in [-0.25, -0.2) is 14.0 Å². The summed E-state index contributed by atoms with van der Waals surface area (Å²) in [6, 6.07) is 11.4. The maximum absolute atomic E-state index is 13.4. The summed E-state index contributed by atoms with van der Waals surface area (Å²) in [7, 11) is 1.33. The van der Waals surface area contributed by atoms with Gasteiger partial charge in [0.1, 0.15) is 18.0 Å². The van der Waals surface area contributed by atoms with Crippen molar-refractivity contribution in [2.24, 2.45) is 0 Å². The molecule has 0 radical (unpaired) electrons. The Morgan fingerprint density at radius 3 is 2.46 bits per heavy atom. The summed E-state index contributed by atoms with van der Waals surface area (Å²) in [4.78, 5) is 41.5. The second kappa shape index (κ2) is 9.68. The number of carbonyl (C=O) groups is 3. The van der Waals surface area contributed by atoms with E-state index in [0.29, 0.717) is 31.5 Å². The molecule has 4 rings (SSSR count). The fourth-order valence-corrected chi connectivity index (χ4v) is 4.49. The molecule has 35 heavy (non-hydrogen) atoms. The number of hydrogen-bond donors (Lipinski definition) is 0. The van der Waals surface area contributed by atoms with Crippen molar-refractivity contribution in [2.45, 2.75) is 57.7 Å². The molecule has 2 aromatic rings. The van der Waals surface area contributed by atoms with E-state index in [1.54, 1.807) is 49.9 Å². The number of carbonyl (C=O) groups excluding carboxylic acids is 3. The van der Waals surface area contributed by atoms with Gasteiger partial charge in [0.15, 0.2) is 0 Å². The van der Waals surface area contributed by atoms with E-state index < -0.39 is 17.7 Å². The second-order valence-electron chi connectivity index (χ2n) is 10.1. The summed E-state index contributed by atoms with van der Waals surface area (Å²) in [5, 5.41) is 0. The molecule has 1 heterocycles. The van der Waals surface area contributed by atoms with Crippen LogP contribution in [0.2, 0.25) is 0 Å². The Morgan fingerprint density at radius 1 is 1.09 bits per heavy atom. The fraction of sp³-hybridized carbons (Fsp3) is 0.444. The molecule has 0 N–H and O–H groups in total. The number of nitrogens with zero attached hydrogens (tertiary/aromatic N) is 2. The Hall–Kier alpha value is -3.42. The highest BCUT2D eigenvalue weighted by Gasteiger charge is 2.47. The van der Waals surface area contributed by atoms with Crippen molar-refractivity contribution in [3.05, 3.63) is 70.5 Å². The van der Waals surface area contributed by atoms with E-state index >= 15 is 0 Å². The Morgan fingerprint density at radius 2 is 1.80 bits per heavy atom. The molecule has 1 aliphatic heterocycles. The van der Waals surface area contributed by atoms with Gasteiger partial charge in [-0.05, 0) is 74.6 Å². The minimum atomic E-state index is -0.701. The van der Waals surface area contributed by atoms with Crippen LogP contribution in [0.1, 0.15) is 60.2 Å². The van der Waals surface area contributed by atoms with Crippen molar-refractivity contribution in [1.82, 2.24) is 9.80 Å². The van der Waals surface area contributed by atoms with Crippen molar-refractivity contribution in [3.63, 3.8) is 0 Å². The lowest BCUT2D eigenvalue weighted by atomic mass is 9.97. The third-order valence-corrected chi connectivity index (χ3v) is 6.38. The summed E-state index contributed by atoms with van der Waals surface area (Å²) >= 11 is 0. The first kappa shape index (κ1) is 24.7. The maximum atomic E-state index is 13.4. The number of methoxy groups -OCH3 is 1. The number of benzene rings is 2. The largest absolute Gasteiger partial charge is 0.465 e. The number of fused-ring (bicyclic) bond motifs is 1. The van der Waals surface area contributed by atoms with Crippen LogP contribution in [0, 0.1) is 5.82 Å². The van der Waals surface area contributed by atoms with E-state index in [0.717, 1.165) is 16.7 Å². The van der Waals surface area contributed by atoms with Crippen LogP contribution in [0.25, 0.3) is 0 Å². The zero-order valence-corrected chi connectivity index (χ0v) is 20.5. The number of hydrogen-bond acceptors (Lipinski definition) is 5. The van der Waals surface area contributed by atoms with Gasteiger partial charge in [0.25, 0.3) is 0 Å². The van der Waals surface area contributed by atoms with Gasteiger partial charge in [0, 0.05) is 25.0 Å². The highest BCUT2D eigenvalue weighted by Crippen LogP contribution is 2.45. The number of halogens is 1. The van der Waals surface area contributed by atoms with Crippen molar-refractivity contribution in [2.75, 3.05) is 20.2 Å². The number of rotatable bonds is 5. The zero-order valence-electron chi connectivity index (χ0n) is 20.5. The van der Waals surface area contributed by atoms with Crippen molar-refractivity contribution in [3.8, 4) is 0 Å². The minimum absolute atomic E-state index is 0.0283. The lowest BCUT2D eigenvalue weighted by Gasteiger charge is -2.32. The van der Waals surface area contributed by atoms with Crippen molar-refractivity contribution < 1.29 is 28.2 Å². The molecule has 7 nitrogen and oxygen atoms in total. The molecule has 0 aromatic heterocycles. The smallest absolute Gasteiger partial charge is 0.411 e. The first-order valence-corrected chi connectivity index (χ1v) is 11.8. The quantitative estimate of drug-likeness (QED) is 0.595. The van der Waals surface area contributed by atoms with Gasteiger partial charge in [0.2, 0.25) is 5.91 Å². The second-order valence-corrected chi connectivity index (χ2v) is 10.1. The molecule has 1 aliphatic carbocycles. The first-order chi connectivity index (χ1) is 16.6. The zero-order chi connectivity index (χ0) is 25.3. The van der Waals surface area contributed by atoms with Crippen LogP contribution in [0.4, 0.5) is 9.18 Å². The molecule has 2 unspecified atom stereocenters. The lowest BCUT2D eigenvalue weighted by molar-refractivity contribution is -0.133. The summed E-state index contributed by atoms with van der Waals surface area (Å²) in [5.41, 5.74) is 2.65. The van der Waals surface area contributed by atoms with Crippen LogP contribution in [0.3, 0.4) is 0 Å². The van der Waals surface area contributed by atoms with E-state index in [4.69, 9.17) is 9.47 Å². The van der Waals surface area contributed by atoms with Gasteiger partial charge >= 0.3 is 12.1 Å². The molecule has 186 valence electrons. The van der Waals surface area contributed by atoms with Gasteiger partial charge in [-0.1, -0.05) is 18.2 Å². The first-order valence-electron chi connectivity index (χ1n) is 11.8. The number of amides is 2. The number of esters is 1. The molecular weight excluding hydrogens is 451 g/mol. The Kier molecular flexibility index (Phi) is 6.83. The van der Waals surface area contributed by atoms with Crippen LogP contribution in [0.5, 0.6) is 0 Å². The minimum Gasteiger partial charge on any atom is -0.465 e. The van der Waals surface area contributed by atoms with Gasteiger partial charge in [-0.3, -0.25) is 9.69 Å². The summed E-state index contributed by atoms with van der Waals surface area (Å²) in [6.07, 6.45) is 0.811. The maximum Gasteiger partial charge on any atom is 0.411 e. The molecular formula is C27H31FN2O5. The van der Waals surface area contributed by atoms with E-state index in [9.17, 15) is 18.8 Å². The molecule has 2 aromatic carbocycles. The van der Waals surface area contributed by atoms with Crippen LogP contribution in [-0.4, -0.2) is 59.6 Å². The SMILES string of the molecule is COC(=O)c1ccc2c(c1)CN(C(=O)CN(C(=O)OC(C)(C)C)C1CC1c1ccc(F)cc1)CC2. The highest BCUT2D eigenvalue weighted by molar-refractivity contribution is 5.89. The topological polar surface area (TPSA) is 76.2 Å². The van der Waals surface area contributed by atoms with Crippen LogP contribution in [0.15, 0.2) is 42.5 Å². The standard InChI is InChI=1S/C27H31FN2O5/c1-27(2,3)35-26(33)30(23-14-22(23)18-7-9-21(28)10-8-18)16-24(31)29-12-11-17-5-6-19(25(32)34-4)13-20(17)15-29/h5-10,13,22-23H,11-12,14-16H2,1-4H3. The van der Waals surface area contributed by atoms with E-state index in [-0.39, 0.29) is 30.2 Å². The third kappa shape index (κ3) is 5.81. The summed E-state index contributed by atoms with van der Waals surface area (Å²) in [5.74, 6) is -0.894. The Balaban J connectivity index is 1.49. The van der Waals surface area contributed by atoms with Crippen molar-refractivity contribution in [1.29, 1.82) is 0 Å². The summed E-state index contributed by atoms with van der Waals surface area (Å²) in [6.45, 7) is 6.13. The Bertz CT molecular complexity index is 1130. The van der Waals surface area contributed by atoms with Crippen LogP contribution < -0.4 is 0 Å². The monoisotopic (exact) mass is 482 g/mol. The predicted molar refractivity (Wildman–Crippen MR) is 127 cm³/mol. The third-order valence-electron chi connectivity index (χ3n) is 6.38. The number of ether oxygens (including phenoxy) is 2. The van der Waals surface area contributed by atoms with E-state index in [1.165, 1.54) is 24.1 Å². The molecule has 2 amide bonds. The van der Waals surface area contributed by atoms with Gasteiger partial charge in [-0.15, -0.1) is 0 Å². The normalized spacial score (nSPS) is 18.9. The highest BCUT2D eigenvalue weighted by atomic mass is 19.1.